The molecule has 0 bridgehead atoms. The number of amides is 1. The number of hydrogen-bond donors (Lipinski definition) is 2. The first-order chi connectivity index (χ1) is 13.4. The third-order valence-corrected chi connectivity index (χ3v) is 4.07. The van der Waals surface area contributed by atoms with Crippen LogP contribution in [0.4, 0.5) is 5.69 Å². The SMILES string of the molecule is CCOC(=O)C(CC(C)C)NC(=O)c1cc(N)ccc1OCc1ccccc1. The number of esters is 1. The van der Waals surface area contributed by atoms with E-state index in [2.05, 4.69) is 5.32 Å². The third-order valence-electron chi connectivity index (χ3n) is 4.07. The van der Waals surface area contributed by atoms with Crippen molar-refractivity contribution in [2.45, 2.75) is 39.8 Å². The first-order valence-electron chi connectivity index (χ1n) is 9.44. The Morgan fingerprint density at radius 2 is 1.82 bits per heavy atom. The topological polar surface area (TPSA) is 90.7 Å². The average molecular weight is 384 g/mol. The molecular weight excluding hydrogens is 356 g/mol. The van der Waals surface area contributed by atoms with Crippen LogP contribution in [0.2, 0.25) is 0 Å². The highest BCUT2D eigenvalue weighted by molar-refractivity contribution is 5.99. The molecule has 1 unspecified atom stereocenters. The van der Waals surface area contributed by atoms with E-state index in [9.17, 15) is 9.59 Å². The Bertz CT molecular complexity index is 790. The molecule has 1 atom stereocenters. The summed E-state index contributed by atoms with van der Waals surface area (Å²) >= 11 is 0. The molecule has 0 saturated carbocycles. The van der Waals surface area contributed by atoms with Crippen LogP contribution in [0.15, 0.2) is 48.5 Å². The standard InChI is InChI=1S/C22H28N2O4/c1-4-27-22(26)19(12-15(2)3)24-21(25)18-13-17(23)10-11-20(18)28-14-16-8-6-5-7-9-16/h5-11,13,15,19H,4,12,14,23H2,1-3H3,(H,24,25). The predicted octanol–water partition coefficient (Wildman–Crippen LogP) is 3.56. The van der Waals surface area contributed by atoms with Crippen molar-refractivity contribution < 1.29 is 19.1 Å². The minimum absolute atomic E-state index is 0.212. The van der Waals surface area contributed by atoms with Crippen LogP contribution in [0.25, 0.3) is 0 Å². The van der Waals surface area contributed by atoms with Crippen LogP contribution < -0.4 is 15.8 Å². The van der Waals surface area contributed by atoms with E-state index in [-0.39, 0.29) is 18.1 Å². The van der Waals surface area contributed by atoms with E-state index in [0.717, 1.165) is 5.56 Å². The van der Waals surface area contributed by atoms with Crippen molar-refractivity contribution in [2.24, 2.45) is 5.92 Å². The van der Waals surface area contributed by atoms with Gasteiger partial charge >= 0.3 is 5.97 Å². The van der Waals surface area contributed by atoms with Gasteiger partial charge in [0.25, 0.3) is 5.91 Å². The van der Waals surface area contributed by atoms with Crippen molar-refractivity contribution in [3.8, 4) is 5.75 Å². The fraction of sp³-hybridized carbons (Fsp3) is 0.364. The molecule has 0 aliphatic rings. The molecule has 2 rings (SSSR count). The molecule has 6 heteroatoms. The molecule has 0 spiro atoms. The van der Waals surface area contributed by atoms with Gasteiger partial charge in [0.15, 0.2) is 0 Å². The summed E-state index contributed by atoms with van der Waals surface area (Å²) in [6.45, 7) is 6.27. The maximum Gasteiger partial charge on any atom is 0.328 e. The maximum atomic E-state index is 12.9. The first-order valence-corrected chi connectivity index (χ1v) is 9.44. The van der Waals surface area contributed by atoms with Crippen LogP contribution in [-0.2, 0) is 16.1 Å². The lowest BCUT2D eigenvalue weighted by atomic mass is 10.0. The number of nitrogens with one attached hydrogen (secondary N) is 1. The summed E-state index contributed by atoms with van der Waals surface area (Å²) in [6.07, 6.45) is 0.479. The molecule has 0 aromatic heterocycles. The quantitative estimate of drug-likeness (QED) is 0.510. The summed E-state index contributed by atoms with van der Waals surface area (Å²) in [6, 6.07) is 13.8. The maximum absolute atomic E-state index is 12.9. The van der Waals surface area contributed by atoms with Crippen LogP contribution in [0.3, 0.4) is 0 Å². The zero-order chi connectivity index (χ0) is 20.5. The molecule has 28 heavy (non-hydrogen) atoms. The number of carbonyl (C=O) groups excluding carboxylic acids is 2. The van der Waals surface area contributed by atoms with Gasteiger partial charge in [0, 0.05) is 5.69 Å². The minimum atomic E-state index is -0.726. The summed E-state index contributed by atoms with van der Waals surface area (Å²) in [5.74, 6) is -0.249. The summed E-state index contributed by atoms with van der Waals surface area (Å²) < 4.78 is 10.9. The first kappa shape index (κ1) is 21.3. The van der Waals surface area contributed by atoms with Crippen LogP contribution in [-0.4, -0.2) is 24.5 Å². The predicted molar refractivity (Wildman–Crippen MR) is 109 cm³/mol. The number of anilines is 1. The fourth-order valence-corrected chi connectivity index (χ4v) is 2.75. The van der Waals surface area contributed by atoms with Crippen LogP contribution in [0.1, 0.15) is 43.1 Å². The second-order valence-electron chi connectivity index (χ2n) is 6.94. The second kappa shape index (κ2) is 10.3. The number of benzene rings is 2. The van der Waals surface area contributed by atoms with E-state index in [4.69, 9.17) is 15.2 Å². The molecule has 2 aromatic rings. The zero-order valence-corrected chi connectivity index (χ0v) is 16.6. The lowest BCUT2D eigenvalue weighted by molar-refractivity contribution is -0.145. The smallest absolute Gasteiger partial charge is 0.328 e. The van der Waals surface area contributed by atoms with Gasteiger partial charge in [-0.25, -0.2) is 4.79 Å². The number of carbonyl (C=O) groups is 2. The molecule has 150 valence electrons. The minimum Gasteiger partial charge on any atom is -0.488 e. The van der Waals surface area contributed by atoms with Gasteiger partial charge in [-0.3, -0.25) is 4.79 Å². The molecule has 1 amide bonds. The van der Waals surface area contributed by atoms with E-state index >= 15 is 0 Å². The number of hydrogen-bond acceptors (Lipinski definition) is 5. The van der Waals surface area contributed by atoms with Crippen LogP contribution in [0, 0.1) is 5.92 Å². The third kappa shape index (κ3) is 6.30. The molecule has 0 aliphatic carbocycles. The number of rotatable bonds is 9. The van der Waals surface area contributed by atoms with Crippen LogP contribution >= 0.6 is 0 Å². The molecule has 0 aliphatic heterocycles. The summed E-state index contributed by atoms with van der Waals surface area (Å²) in [7, 11) is 0. The van der Waals surface area contributed by atoms with Gasteiger partial charge < -0.3 is 20.5 Å². The molecule has 6 nitrogen and oxygen atoms in total. The Morgan fingerprint density at radius 1 is 1.11 bits per heavy atom. The van der Waals surface area contributed by atoms with Crippen molar-refractivity contribution in [3.05, 3.63) is 59.7 Å². The van der Waals surface area contributed by atoms with E-state index in [1.807, 2.05) is 44.2 Å². The summed E-state index contributed by atoms with van der Waals surface area (Å²) in [4.78, 5) is 25.1. The monoisotopic (exact) mass is 384 g/mol. The van der Waals surface area contributed by atoms with Crippen molar-refractivity contribution in [2.75, 3.05) is 12.3 Å². The Balaban J connectivity index is 2.18. The summed E-state index contributed by atoms with van der Waals surface area (Å²) in [5.41, 5.74) is 7.57. The Labute approximate surface area is 166 Å². The lowest BCUT2D eigenvalue weighted by Gasteiger charge is -2.20. The molecule has 0 radical (unpaired) electrons. The molecule has 2 aromatic carbocycles. The van der Waals surface area contributed by atoms with Gasteiger partial charge in [-0.15, -0.1) is 0 Å². The number of nitrogen functional groups attached to an aromatic ring is 1. The Morgan fingerprint density at radius 3 is 2.46 bits per heavy atom. The number of nitrogens with two attached hydrogens (primary N) is 1. The van der Waals surface area contributed by atoms with E-state index in [1.165, 1.54) is 0 Å². The van der Waals surface area contributed by atoms with Crippen molar-refractivity contribution in [3.63, 3.8) is 0 Å². The van der Waals surface area contributed by atoms with E-state index in [1.54, 1.807) is 25.1 Å². The van der Waals surface area contributed by atoms with Gasteiger partial charge in [-0.1, -0.05) is 44.2 Å². The molecule has 0 heterocycles. The van der Waals surface area contributed by atoms with Gasteiger partial charge in [0.05, 0.1) is 12.2 Å². The highest BCUT2D eigenvalue weighted by Gasteiger charge is 2.25. The van der Waals surface area contributed by atoms with Gasteiger partial charge in [0.2, 0.25) is 0 Å². The highest BCUT2D eigenvalue weighted by atomic mass is 16.5. The molecule has 0 fully saturated rings. The highest BCUT2D eigenvalue weighted by Crippen LogP contribution is 2.23. The Kier molecular flexibility index (Phi) is 7.87. The Hall–Kier alpha value is -3.02. The van der Waals surface area contributed by atoms with Gasteiger partial charge in [0.1, 0.15) is 18.4 Å². The van der Waals surface area contributed by atoms with Crippen molar-refractivity contribution in [1.82, 2.24) is 5.32 Å². The fourth-order valence-electron chi connectivity index (χ4n) is 2.75. The van der Waals surface area contributed by atoms with Crippen molar-refractivity contribution in [1.29, 1.82) is 0 Å². The van der Waals surface area contributed by atoms with Gasteiger partial charge in [-0.2, -0.15) is 0 Å². The van der Waals surface area contributed by atoms with Crippen molar-refractivity contribution >= 4 is 17.6 Å². The molecule has 3 N–H and O–H groups in total. The van der Waals surface area contributed by atoms with Gasteiger partial charge in [-0.05, 0) is 43.0 Å². The normalized spacial score (nSPS) is 11.7. The largest absolute Gasteiger partial charge is 0.488 e. The second-order valence-corrected chi connectivity index (χ2v) is 6.94. The van der Waals surface area contributed by atoms with Crippen LogP contribution in [0.5, 0.6) is 5.75 Å². The summed E-state index contributed by atoms with van der Waals surface area (Å²) in [5, 5.41) is 2.77. The lowest BCUT2D eigenvalue weighted by Crippen LogP contribution is -2.42. The number of ether oxygens (including phenoxy) is 2. The zero-order valence-electron chi connectivity index (χ0n) is 16.6. The molecular formula is C22H28N2O4. The van der Waals surface area contributed by atoms with E-state index < -0.39 is 17.9 Å². The molecule has 0 saturated heterocycles. The average Bonchev–Trinajstić information content (AvgIpc) is 2.67. The van der Waals surface area contributed by atoms with E-state index in [0.29, 0.717) is 24.5 Å².